The molecule has 0 saturated carbocycles. The van der Waals surface area contributed by atoms with Crippen molar-refractivity contribution in [3.63, 3.8) is 0 Å². The third kappa shape index (κ3) is 4.79. The zero-order chi connectivity index (χ0) is 23.5. The number of hydrogen-bond donors (Lipinski definition) is 4. The van der Waals surface area contributed by atoms with E-state index < -0.39 is 29.8 Å². The number of carbonyl (C=O) groups is 3. The highest BCUT2D eigenvalue weighted by molar-refractivity contribution is 5.98. The SMILES string of the molecule is CCN1CCN([C@H](C(=O)O)c2c[nH]c3cc(NC(=O)[C@@H]4CC=CC[C@H]4C(=O)O)ccc23)CC1. The lowest BCUT2D eigenvalue weighted by atomic mass is 9.82. The molecule has 1 aliphatic heterocycles. The summed E-state index contributed by atoms with van der Waals surface area (Å²) in [5.74, 6) is -3.54. The van der Waals surface area contributed by atoms with Crippen molar-refractivity contribution in [1.82, 2.24) is 14.8 Å². The Morgan fingerprint density at radius 1 is 1.09 bits per heavy atom. The fourth-order valence-electron chi connectivity index (χ4n) is 4.89. The molecule has 1 aliphatic carbocycles. The fraction of sp³-hybridized carbons (Fsp3) is 0.458. The summed E-state index contributed by atoms with van der Waals surface area (Å²) in [6.45, 7) is 6.11. The van der Waals surface area contributed by atoms with Crippen LogP contribution in [-0.2, 0) is 14.4 Å². The summed E-state index contributed by atoms with van der Waals surface area (Å²) >= 11 is 0. The second kappa shape index (κ2) is 9.76. The van der Waals surface area contributed by atoms with Crippen LogP contribution in [0.4, 0.5) is 5.69 Å². The van der Waals surface area contributed by atoms with Gasteiger partial charge in [0.1, 0.15) is 6.04 Å². The monoisotopic (exact) mass is 454 g/mol. The summed E-state index contributed by atoms with van der Waals surface area (Å²) in [5.41, 5.74) is 1.96. The zero-order valence-corrected chi connectivity index (χ0v) is 18.7. The largest absolute Gasteiger partial charge is 0.481 e. The van der Waals surface area contributed by atoms with E-state index in [0.717, 1.165) is 30.5 Å². The minimum absolute atomic E-state index is 0.324. The first-order chi connectivity index (χ1) is 15.9. The number of hydrogen-bond acceptors (Lipinski definition) is 5. The van der Waals surface area contributed by atoms with Crippen LogP contribution in [-0.4, -0.2) is 75.6 Å². The average Bonchev–Trinajstić information content (AvgIpc) is 3.22. The summed E-state index contributed by atoms with van der Waals surface area (Å²) in [5, 5.41) is 23.0. The zero-order valence-electron chi connectivity index (χ0n) is 18.7. The molecule has 1 aromatic heterocycles. The minimum Gasteiger partial charge on any atom is -0.481 e. The lowest BCUT2D eigenvalue weighted by Crippen LogP contribution is -2.49. The second-order valence-corrected chi connectivity index (χ2v) is 8.70. The van der Waals surface area contributed by atoms with E-state index in [1.165, 1.54) is 0 Å². The first-order valence-electron chi connectivity index (χ1n) is 11.4. The molecular weight excluding hydrogens is 424 g/mol. The molecule has 1 amide bonds. The number of nitrogens with one attached hydrogen (secondary N) is 2. The lowest BCUT2D eigenvalue weighted by molar-refractivity contribution is -0.146. The Morgan fingerprint density at radius 3 is 2.42 bits per heavy atom. The summed E-state index contributed by atoms with van der Waals surface area (Å²) in [4.78, 5) is 43.9. The van der Waals surface area contributed by atoms with E-state index in [1.54, 1.807) is 24.4 Å². The third-order valence-corrected chi connectivity index (χ3v) is 6.82. The Balaban J connectivity index is 1.53. The lowest BCUT2D eigenvalue weighted by Gasteiger charge is -2.37. The van der Waals surface area contributed by atoms with Crippen molar-refractivity contribution in [2.24, 2.45) is 11.8 Å². The van der Waals surface area contributed by atoms with Crippen LogP contribution in [0.3, 0.4) is 0 Å². The molecule has 0 spiro atoms. The number of piperazine rings is 1. The highest BCUT2D eigenvalue weighted by Gasteiger charge is 2.34. The number of carboxylic acid groups (broad SMARTS) is 2. The van der Waals surface area contributed by atoms with E-state index >= 15 is 0 Å². The average molecular weight is 455 g/mol. The molecule has 1 fully saturated rings. The number of anilines is 1. The Morgan fingerprint density at radius 2 is 1.79 bits per heavy atom. The van der Waals surface area contributed by atoms with Crippen molar-refractivity contribution in [3.8, 4) is 0 Å². The number of allylic oxidation sites excluding steroid dienone is 2. The molecule has 3 atom stereocenters. The molecule has 0 bridgehead atoms. The Hall–Kier alpha value is -3.17. The van der Waals surface area contributed by atoms with E-state index in [4.69, 9.17) is 0 Å². The first-order valence-corrected chi connectivity index (χ1v) is 11.4. The van der Waals surface area contributed by atoms with E-state index in [-0.39, 0.29) is 5.91 Å². The van der Waals surface area contributed by atoms with Crippen LogP contribution in [0, 0.1) is 11.8 Å². The predicted octanol–water partition coefficient (Wildman–Crippen LogP) is 2.54. The van der Waals surface area contributed by atoms with E-state index in [2.05, 4.69) is 22.1 Å². The van der Waals surface area contributed by atoms with Gasteiger partial charge in [-0.1, -0.05) is 25.1 Å². The highest BCUT2D eigenvalue weighted by atomic mass is 16.4. The maximum atomic E-state index is 12.8. The molecule has 1 saturated heterocycles. The van der Waals surface area contributed by atoms with Crippen molar-refractivity contribution in [2.45, 2.75) is 25.8 Å². The molecule has 9 heteroatoms. The first kappa shape index (κ1) is 23.0. The number of benzene rings is 1. The Kier molecular flexibility index (Phi) is 6.80. The standard InChI is InChI=1S/C24H30N4O5/c1-2-27-9-11-28(12-10-27)21(24(32)33)19-14-25-20-13-15(7-8-16(19)20)26-22(29)17-5-3-4-6-18(17)23(30)31/h3-4,7-8,13-14,17-18,21,25H,2,5-6,9-12H2,1H3,(H,26,29)(H,30,31)(H,32,33)/t17-,18-,21+/m1/s1. The molecule has 2 aromatic rings. The molecule has 33 heavy (non-hydrogen) atoms. The molecule has 176 valence electrons. The van der Waals surface area contributed by atoms with Crippen LogP contribution in [0.25, 0.3) is 10.9 Å². The molecule has 0 unspecified atom stereocenters. The van der Waals surface area contributed by atoms with Gasteiger partial charge in [-0.25, -0.2) is 0 Å². The number of likely N-dealkylation sites (N-methyl/N-ethyl adjacent to an activating group) is 1. The van der Waals surface area contributed by atoms with Crippen molar-refractivity contribution in [1.29, 1.82) is 0 Å². The van der Waals surface area contributed by atoms with Gasteiger partial charge in [0.05, 0.1) is 11.8 Å². The van der Waals surface area contributed by atoms with Gasteiger partial charge in [0.25, 0.3) is 0 Å². The number of carboxylic acids is 2. The molecule has 9 nitrogen and oxygen atoms in total. The highest BCUT2D eigenvalue weighted by Crippen LogP contribution is 2.32. The normalized spacial score (nSPS) is 22.8. The maximum absolute atomic E-state index is 12.8. The Bertz CT molecular complexity index is 1070. The number of aliphatic carboxylic acids is 2. The van der Waals surface area contributed by atoms with Gasteiger partial charge >= 0.3 is 11.9 Å². The number of fused-ring (bicyclic) bond motifs is 1. The van der Waals surface area contributed by atoms with E-state index in [9.17, 15) is 24.6 Å². The van der Waals surface area contributed by atoms with Gasteiger partial charge in [-0.3, -0.25) is 19.3 Å². The molecule has 0 radical (unpaired) electrons. The smallest absolute Gasteiger partial charge is 0.325 e. The summed E-state index contributed by atoms with van der Waals surface area (Å²) < 4.78 is 0. The molecule has 1 aromatic carbocycles. The van der Waals surface area contributed by atoms with Gasteiger partial charge in [0.2, 0.25) is 5.91 Å². The van der Waals surface area contributed by atoms with Crippen molar-refractivity contribution in [3.05, 3.63) is 42.1 Å². The van der Waals surface area contributed by atoms with Gasteiger partial charge in [0, 0.05) is 54.5 Å². The van der Waals surface area contributed by atoms with Crippen LogP contribution in [0.5, 0.6) is 0 Å². The molecule has 2 heterocycles. The van der Waals surface area contributed by atoms with Crippen molar-refractivity contribution in [2.75, 3.05) is 38.0 Å². The number of aromatic amines is 1. The molecule has 4 rings (SSSR count). The van der Waals surface area contributed by atoms with Gasteiger partial charge < -0.3 is 25.4 Å². The van der Waals surface area contributed by atoms with Gasteiger partial charge in [0.15, 0.2) is 0 Å². The van der Waals surface area contributed by atoms with Crippen LogP contribution in [0.15, 0.2) is 36.5 Å². The predicted molar refractivity (Wildman–Crippen MR) is 124 cm³/mol. The van der Waals surface area contributed by atoms with Crippen molar-refractivity contribution < 1.29 is 24.6 Å². The van der Waals surface area contributed by atoms with E-state index in [1.807, 2.05) is 17.0 Å². The fourth-order valence-corrected chi connectivity index (χ4v) is 4.89. The van der Waals surface area contributed by atoms with Crippen LogP contribution in [0.1, 0.15) is 31.4 Å². The summed E-state index contributed by atoms with van der Waals surface area (Å²) in [6, 6.07) is 4.56. The van der Waals surface area contributed by atoms with Gasteiger partial charge in [-0.15, -0.1) is 0 Å². The third-order valence-electron chi connectivity index (χ3n) is 6.82. The Labute approximate surface area is 192 Å². The van der Waals surface area contributed by atoms with Crippen LogP contribution < -0.4 is 5.32 Å². The quantitative estimate of drug-likeness (QED) is 0.474. The number of nitrogens with zero attached hydrogens (tertiary/aromatic N) is 2. The minimum atomic E-state index is -0.969. The number of aromatic nitrogens is 1. The number of rotatable bonds is 7. The summed E-state index contributed by atoms with van der Waals surface area (Å²) in [6.07, 6.45) is 6.11. The summed E-state index contributed by atoms with van der Waals surface area (Å²) in [7, 11) is 0. The van der Waals surface area contributed by atoms with Gasteiger partial charge in [-0.2, -0.15) is 0 Å². The second-order valence-electron chi connectivity index (χ2n) is 8.70. The van der Waals surface area contributed by atoms with Gasteiger partial charge in [-0.05, 0) is 31.5 Å². The van der Waals surface area contributed by atoms with Crippen LogP contribution in [0.2, 0.25) is 0 Å². The number of amides is 1. The van der Waals surface area contributed by atoms with Crippen molar-refractivity contribution >= 4 is 34.4 Å². The molecular formula is C24H30N4O5. The van der Waals surface area contributed by atoms with E-state index in [0.29, 0.717) is 37.2 Å². The molecule has 4 N–H and O–H groups in total. The number of carbonyl (C=O) groups excluding carboxylic acids is 1. The topological polar surface area (TPSA) is 126 Å². The number of H-pyrrole nitrogens is 1. The molecule has 2 aliphatic rings. The maximum Gasteiger partial charge on any atom is 0.325 e. The van der Waals surface area contributed by atoms with Crippen LogP contribution >= 0.6 is 0 Å².